The minimum absolute atomic E-state index is 0.885. The second-order valence-corrected chi connectivity index (χ2v) is 49.4. The number of hydrogen-bond acceptors (Lipinski definition) is 2. The third kappa shape index (κ3) is 6.92. The predicted molar refractivity (Wildman–Crippen MR) is 174 cm³/mol. The molecule has 3 heterocycles. The van der Waals surface area contributed by atoms with E-state index in [2.05, 4.69) is 92.1 Å². The van der Waals surface area contributed by atoms with Crippen LogP contribution < -0.4 is 5.79 Å². The summed E-state index contributed by atoms with van der Waals surface area (Å²) in [6.45, 7) is 9.71. The van der Waals surface area contributed by atoms with E-state index in [0.29, 0.717) is 0 Å². The second-order valence-electron chi connectivity index (χ2n) is 13.2. The van der Waals surface area contributed by atoms with Crippen LogP contribution in [0.3, 0.4) is 0 Å². The topological polar surface area (TPSA) is 0 Å². The third-order valence-electron chi connectivity index (χ3n) is 8.05. The normalized spacial score (nSPS) is 17.8. The van der Waals surface area contributed by atoms with E-state index in [-0.39, 0.29) is 0 Å². The van der Waals surface area contributed by atoms with Crippen LogP contribution in [-0.2, 0) is 0 Å². The first-order chi connectivity index (χ1) is 16.4. The van der Waals surface area contributed by atoms with Gasteiger partial charge in [0.25, 0.3) is 0 Å². The molecule has 2 unspecified atom stereocenters. The molecule has 0 amide bonds. The standard InChI is InChI=1S/C24H36S3.6CH3.2Sn/c1-5-9-11-19(7-3)17-27(18-20(8-4)12-10-6-2)21-13-15-25-23(21)24-22(27)14-16-26-24;;;;;;;;/h13-14,19-20H,5-12,17-18H2,1-4H3;6*1H3;;. The Bertz CT molecular complexity index is 879. The van der Waals surface area contributed by atoms with E-state index in [1.165, 1.54) is 62.9 Å². The molecule has 0 radical (unpaired) electrons. The van der Waals surface area contributed by atoms with Gasteiger partial charge in [-0.3, -0.25) is 0 Å². The fourth-order valence-corrected chi connectivity index (χ4v) is 25.4. The summed E-state index contributed by atoms with van der Waals surface area (Å²) in [5, 5.41) is 0. The Morgan fingerprint density at radius 1 is 0.657 bits per heavy atom. The van der Waals surface area contributed by atoms with E-state index in [9.17, 15) is 0 Å². The van der Waals surface area contributed by atoms with E-state index in [4.69, 9.17) is 0 Å². The summed E-state index contributed by atoms with van der Waals surface area (Å²) in [7, 11) is -0.954. The van der Waals surface area contributed by atoms with Crippen molar-refractivity contribution in [2.24, 2.45) is 11.8 Å². The molecule has 2 aromatic heterocycles. The van der Waals surface area contributed by atoms with Crippen molar-refractivity contribution in [2.45, 2.75) is 118 Å². The van der Waals surface area contributed by atoms with Crippen molar-refractivity contribution in [2.75, 3.05) is 11.5 Å². The number of unbranched alkanes of at least 4 members (excludes halogenated alkanes) is 2. The molecule has 0 aliphatic carbocycles. The Labute approximate surface area is 236 Å². The summed E-state index contributed by atoms with van der Waals surface area (Å²) in [5.41, 5.74) is 0. The number of hydrogen-bond donors (Lipinski definition) is 0. The van der Waals surface area contributed by atoms with Crippen molar-refractivity contribution in [3.63, 3.8) is 0 Å². The third-order valence-corrected chi connectivity index (χ3v) is 34.0. The molecular weight excluding hydrogens is 694 g/mol. The van der Waals surface area contributed by atoms with E-state index in [0.717, 1.165) is 11.8 Å². The van der Waals surface area contributed by atoms with Gasteiger partial charge in [-0.25, -0.2) is 0 Å². The van der Waals surface area contributed by atoms with Crippen molar-refractivity contribution in [1.29, 1.82) is 0 Å². The van der Waals surface area contributed by atoms with Crippen molar-refractivity contribution < 1.29 is 0 Å². The van der Waals surface area contributed by atoms with Crippen LogP contribution in [0.1, 0.15) is 79.1 Å². The Hall–Kier alpha value is 1.35. The minimum atomic E-state index is -2.13. The van der Waals surface area contributed by atoms with Gasteiger partial charge in [-0.05, 0) is 0 Å². The van der Waals surface area contributed by atoms with Crippen LogP contribution >= 0.6 is 32.7 Å². The fraction of sp³-hybridized carbons (Fsp3) is 0.733. The quantitative estimate of drug-likeness (QED) is 0.169. The molecule has 5 heteroatoms. The predicted octanol–water partition coefficient (Wildman–Crippen LogP) is 10.5. The Morgan fingerprint density at radius 3 is 1.31 bits per heavy atom. The first kappa shape index (κ1) is 30.9. The molecule has 2 aromatic rings. The van der Waals surface area contributed by atoms with Crippen molar-refractivity contribution >= 4 is 75.2 Å². The molecular formula is C30H54S3Sn2. The summed E-state index contributed by atoms with van der Waals surface area (Å²) >= 11 is 0.239. The molecule has 0 nitrogen and oxygen atoms in total. The molecule has 2 atom stereocenters. The zero-order valence-corrected chi connectivity index (χ0v) is 32.8. The molecule has 0 fully saturated rings. The van der Waals surface area contributed by atoms with Gasteiger partial charge in [0, 0.05) is 0 Å². The van der Waals surface area contributed by atoms with Gasteiger partial charge in [0.2, 0.25) is 0 Å². The van der Waals surface area contributed by atoms with Gasteiger partial charge < -0.3 is 0 Å². The summed E-state index contributed by atoms with van der Waals surface area (Å²) in [6.07, 6.45) is 11.1. The summed E-state index contributed by atoms with van der Waals surface area (Å²) < 4.78 is 3.65. The molecule has 0 spiro atoms. The number of rotatable bonds is 14. The van der Waals surface area contributed by atoms with Gasteiger partial charge in [0.1, 0.15) is 0 Å². The van der Waals surface area contributed by atoms with Gasteiger partial charge in [-0.15, -0.1) is 0 Å². The van der Waals surface area contributed by atoms with Gasteiger partial charge in [-0.2, -0.15) is 0 Å². The zero-order chi connectivity index (χ0) is 26.0. The van der Waals surface area contributed by atoms with Crippen LogP contribution in [0.2, 0.25) is 29.6 Å². The zero-order valence-electron chi connectivity index (χ0n) is 24.6. The Balaban J connectivity index is 2.23. The summed E-state index contributed by atoms with van der Waals surface area (Å²) in [5.74, 6) is 4.71. The van der Waals surface area contributed by atoms with Gasteiger partial charge in [0.05, 0.1) is 0 Å². The number of thiophene rings is 2. The van der Waals surface area contributed by atoms with Crippen molar-refractivity contribution in [3.8, 4) is 9.75 Å². The van der Waals surface area contributed by atoms with Gasteiger partial charge in [0.15, 0.2) is 0 Å². The summed E-state index contributed by atoms with van der Waals surface area (Å²) in [6, 6.07) is 5.63. The van der Waals surface area contributed by atoms with Crippen LogP contribution in [0.4, 0.5) is 0 Å². The molecule has 0 N–H and O–H groups in total. The van der Waals surface area contributed by atoms with E-state index >= 15 is 0 Å². The first-order valence-corrected chi connectivity index (χ1v) is 38.1. The average molecular weight is 748 g/mol. The van der Waals surface area contributed by atoms with Crippen molar-refractivity contribution in [3.05, 3.63) is 12.1 Å². The number of fused-ring (bicyclic) bond motifs is 3. The van der Waals surface area contributed by atoms with Gasteiger partial charge >= 0.3 is 239 Å². The molecule has 0 bridgehead atoms. The first-order valence-electron chi connectivity index (χ1n) is 14.5. The summed E-state index contributed by atoms with van der Waals surface area (Å²) in [4.78, 5) is 23.0. The van der Waals surface area contributed by atoms with Crippen LogP contribution in [-0.4, -0.2) is 48.3 Å². The van der Waals surface area contributed by atoms with Crippen LogP contribution in [0, 0.1) is 11.8 Å². The SMILES string of the molecule is CCCCC(CC)CS1(CC(CC)CCCC)c2c[c]([Sn]([CH3])([CH3])[CH3])sc2-c2s[c]([Sn]([CH3])([CH3])[CH3])cc21. The molecule has 1 aliphatic rings. The molecule has 1 aliphatic heterocycles. The Morgan fingerprint density at radius 2 is 1.03 bits per heavy atom. The molecule has 35 heavy (non-hydrogen) atoms. The van der Waals surface area contributed by atoms with E-state index in [1.54, 1.807) is 9.75 Å². The van der Waals surface area contributed by atoms with E-state index in [1.807, 2.05) is 15.6 Å². The van der Waals surface area contributed by atoms with Crippen LogP contribution in [0.25, 0.3) is 9.75 Å². The molecule has 0 saturated carbocycles. The second kappa shape index (κ2) is 12.7. The van der Waals surface area contributed by atoms with Crippen LogP contribution in [0.5, 0.6) is 0 Å². The average Bonchev–Trinajstić information content (AvgIpc) is 3.47. The molecule has 0 saturated heterocycles. The maximum absolute atomic E-state index is 2.82. The fourth-order valence-electron chi connectivity index (χ4n) is 5.53. The Kier molecular flexibility index (Phi) is 11.2. The maximum atomic E-state index is 2.82. The molecule has 200 valence electrons. The van der Waals surface area contributed by atoms with Crippen LogP contribution in [0.15, 0.2) is 21.9 Å². The van der Waals surface area contributed by atoms with Gasteiger partial charge in [-0.1, -0.05) is 0 Å². The van der Waals surface area contributed by atoms with E-state index < -0.39 is 46.8 Å². The van der Waals surface area contributed by atoms with Crippen molar-refractivity contribution in [1.82, 2.24) is 0 Å². The monoisotopic (exact) mass is 750 g/mol. The molecule has 0 aromatic carbocycles. The molecule has 3 rings (SSSR count).